The van der Waals surface area contributed by atoms with Crippen molar-refractivity contribution in [1.82, 2.24) is 0 Å². The molecule has 5 heteroatoms. The summed E-state index contributed by atoms with van der Waals surface area (Å²) >= 11 is 0. The van der Waals surface area contributed by atoms with Gasteiger partial charge in [-0.1, -0.05) is 0 Å². The molecule has 0 radical (unpaired) electrons. The van der Waals surface area contributed by atoms with E-state index in [4.69, 9.17) is 18.9 Å². The molecule has 0 aliphatic carbocycles. The van der Waals surface area contributed by atoms with Crippen LogP contribution in [0.25, 0.3) is 0 Å². The Morgan fingerprint density at radius 1 is 1.00 bits per heavy atom. The molecule has 94 valence electrons. The number of carbonyl (C=O) groups excluding carboxylic acids is 1. The van der Waals surface area contributed by atoms with Crippen LogP contribution in [0.4, 0.5) is 0 Å². The SMILES string of the molecule is CCOC(=O)c1cc(OC)c(OC)cc1OC. The van der Waals surface area contributed by atoms with E-state index in [2.05, 4.69) is 0 Å². The number of hydrogen-bond donors (Lipinski definition) is 0. The Kier molecular flexibility index (Phi) is 4.63. The molecule has 0 saturated heterocycles. The quantitative estimate of drug-likeness (QED) is 0.735. The summed E-state index contributed by atoms with van der Waals surface area (Å²) in [6.07, 6.45) is 0. The highest BCUT2D eigenvalue weighted by Crippen LogP contribution is 2.34. The second kappa shape index (κ2) is 5.98. The molecule has 0 aromatic heterocycles. The van der Waals surface area contributed by atoms with Gasteiger partial charge in [0.15, 0.2) is 11.5 Å². The van der Waals surface area contributed by atoms with Crippen molar-refractivity contribution in [3.05, 3.63) is 17.7 Å². The fourth-order valence-corrected chi connectivity index (χ4v) is 1.40. The first-order valence-electron chi connectivity index (χ1n) is 5.15. The highest BCUT2D eigenvalue weighted by molar-refractivity contribution is 5.93. The normalized spacial score (nSPS) is 9.65. The number of rotatable bonds is 5. The monoisotopic (exact) mass is 240 g/mol. The van der Waals surface area contributed by atoms with Gasteiger partial charge in [-0.25, -0.2) is 4.79 Å². The van der Waals surface area contributed by atoms with Crippen LogP contribution in [-0.4, -0.2) is 33.9 Å². The zero-order valence-corrected chi connectivity index (χ0v) is 10.4. The summed E-state index contributed by atoms with van der Waals surface area (Å²) in [7, 11) is 4.49. The van der Waals surface area contributed by atoms with Crippen LogP contribution >= 0.6 is 0 Å². The zero-order chi connectivity index (χ0) is 12.8. The van der Waals surface area contributed by atoms with Crippen molar-refractivity contribution in [3.63, 3.8) is 0 Å². The van der Waals surface area contributed by atoms with Gasteiger partial charge in [0.2, 0.25) is 0 Å². The zero-order valence-electron chi connectivity index (χ0n) is 10.4. The van der Waals surface area contributed by atoms with Gasteiger partial charge in [-0.3, -0.25) is 0 Å². The van der Waals surface area contributed by atoms with Crippen molar-refractivity contribution in [2.45, 2.75) is 6.92 Å². The lowest BCUT2D eigenvalue weighted by Crippen LogP contribution is -2.07. The van der Waals surface area contributed by atoms with Gasteiger partial charge >= 0.3 is 5.97 Å². The number of carbonyl (C=O) groups is 1. The predicted octanol–water partition coefficient (Wildman–Crippen LogP) is 1.89. The van der Waals surface area contributed by atoms with E-state index < -0.39 is 5.97 Å². The summed E-state index contributed by atoms with van der Waals surface area (Å²) in [6.45, 7) is 2.04. The van der Waals surface area contributed by atoms with Crippen molar-refractivity contribution >= 4 is 5.97 Å². The fraction of sp³-hybridized carbons (Fsp3) is 0.417. The molecule has 0 unspecified atom stereocenters. The fourth-order valence-electron chi connectivity index (χ4n) is 1.40. The third kappa shape index (κ3) is 2.81. The second-order valence-electron chi connectivity index (χ2n) is 3.13. The van der Waals surface area contributed by atoms with Crippen molar-refractivity contribution < 1.29 is 23.7 Å². The van der Waals surface area contributed by atoms with Crippen molar-refractivity contribution in [1.29, 1.82) is 0 Å². The molecule has 0 fully saturated rings. The van der Waals surface area contributed by atoms with Gasteiger partial charge in [-0.05, 0) is 6.92 Å². The Bertz CT molecular complexity index is 400. The Morgan fingerprint density at radius 2 is 1.53 bits per heavy atom. The lowest BCUT2D eigenvalue weighted by Gasteiger charge is -2.13. The van der Waals surface area contributed by atoms with Crippen LogP contribution in [0.2, 0.25) is 0 Å². The minimum Gasteiger partial charge on any atom is -0.496 e. The molecule has 0 saturated carbocycles. The molecule has 0 aliphatic rings. The summed E-state index contributed by atoms with van der Waals surface area (Å²) in [6, 6.07) is 3.13. The van der Waals surface area contributed by atoms with Gasteiger partial charge in [0.25, 0.3) is 0 Å². The molecule has 1 aromatic rings. The average molecular weight is 240 g/mol. The molecule has 0 N–H and O–H groups in total. The van der Waals surface area contributed by atoms with Gasteiger partial charge in [0, 0.05) is 12.1 Å². The molecule has 0 amide bonds. The van der Waals surface area contributed by atoms with E-state index in [1.165, 1.54) is 27.4 Å². The minimum absolute atomic E-state index is 0.302. The summed E-state index contributed by atoms with van der Waals surface area (Å²) in [5, 5.41) is 0. The van der Waals surface area contributed by atoms with E-state index in [1.54, 1.807) is 13.0 Å². The molecular weight excluding hydrogens is 224 g/mol. The number of hydrogen-bond acceptors (Lipinski definition) is 5. The number of ether oxygens (including phenoxy) is 4. The summed E-state index contributed by atoms with van der Waals surface area (Å²) in [5.74, 6) is 0.889. The van der Waals surface area contributed by atoms with Crippen LogP contribution in [0.1, 0.15) is 17.3 Å². The molecule has 1 aromatic carbocycles. The maximum Gasteiger partial charge on any atom is 0.342 e. The van der Waals surface area contributed by atoms with Gasteiger partial charge < -0.3 is 18.9 Å². The van der Waals surface area contributed by atoms with Gasteiger partial charge in [-0.15, -0.1) is 0 Å². The first-order valence-corrected chi connectivity index (χ1v) is 5.15. The molecule has 1 rings (SSSR count). The summed E-state index contributed by atoms with van der Waals surface area (Å²) < 4.78 is 20.3. The Labute approximate surface area is 100 Å². The molecule has 0 spiro atoms. The van der Waals surface area contributed by atoms with E-state index in [-0.39, 0.29) is 0 Å². The van der Waals surface area contributed by atoms with Crippen LogP contribution in [0.15, 0.2) is 12.1 Å². The van der Waals surface area contributed by atoms with Crippen LogP contribution < -0.4 is 14.2 Å². The van der Waals surface area contributed by atoms with Crippen molar-refractivity contribution in [2.75, 3.05) is 27.9 Å². The van der Waals surface area contributed by atoms with Crippen LogP contribution in [0.5, 0.6) is 17.2 Å². The number of esters is 1. The molecule has 0 heterocycles. The third-order valence-corrected chi connectivity index (χ3v) is 2.20. The van der Waals surface area contributed by atoms with E-state index >= 15 is 0 Å². The van der Waals surface area contributed by atoms with Gasteiger partial charge in [0.1, 0.15) is 11.3 Å². The number of benzene rings is 1. The maximum atomic E-state index is 11.7. The van der Waals surface area contributed by atoms with Crippen molar-refractivity contribution in [3.8, 4) is 17.2 Å². The first-order chi connectivity index (χ1) is 8.17. The summed E-state index contributed by atoms with van der Waals surface area (Å²) in [4.78, 5) is 11.7. The van der Waals surface area contributed by atoms with Gasteiger partial charge in [0.05, 0.1) is 27.9 Å². The maximum absolute atomic E-state index is 11.7. The van der Waals surface area contributed by atoms with Crippen LogP contribution in [0.3, 0.4) is 0 Å². The molecule has 0 aliphatic heterocycles. The van der Waals surface area contributed by atoms with E-state index in [1.807, 2.05) is 0 Å². The molecule has 5 nitrogen and oxygen atoms in total. The van der Waals surface area contributed by atoms with E-state index in [0.717, 1.165) is 0 Å². The van der Waals surface area contributed by atoms with E-state index in [9.17, 15) is 4.79 Å². The third-order valence-electron chi connectivity index (χ3n) is 2.20. The Hall–Kier alpha value is -1.91. The van der Waals surface area contributed by atoms with Crippen LogP contribution in [0, 0.1) is 0 Å². The number of methoxy groups -OCH3 is 3. The largest absolute Gasteiger partial charge is 0.496 e. The minimum atomic E-state index is -0.453. The molecule has 17 heavy (non-hydrogen) atoms. The highest BCUT2D eigenvalue weighted by atomic mass is 16.5. The van der Waals surface area contributed by atoms with Crippen LogP contribution in [-0.2, 0) is 4.74 Å². The Morgan fingerprint density at radius 3 is 2.00 bits per heavy atom. The second-order valence-corrected chi connectivity index (χ2v) is 3.13. The van der Waals surface area contributed by atoms with E-state index in [0.29, 0.717) is 29.4 Å². The Balaban J connectivity index is 3.23. The van der Waals surface area contributed by atoms with Crippen molar-refractivity contribution in [2.24, 2.45) is 0 Å². The smallest absolute Gasteiger partial charge is 0.342 e. The lowest BCUT2D eigenvalue weighted by atomic mass is 10.1. The van der Waals surface area contributed by atoms with Gasteiger partial charge in [-0.2, -0.15) is 0 Å². The highest BCUT2D eigenvalue weighted by Gasteiger charge is 2.18. The first kappa shape index (κ1) is 13.2. The molecule has 0 atom stereocenters. The summed E-state index contributed by atoms with van der Waals surface area (Å²) in [5.41, 5.74) is 0.312. The lowest BCUT2D eigenvalue weighted by molar-refractivity contribution is 0.0522. The molecule has 0 bridgehead atoms. The topological polar surface area (TPSA) is 54.0 Å². The average Bonchev–Trinajstić information content (AvgIpc) is 2.37. The molecular formula is C12H16O5. The standard InChI is InChI=1S/C12H16O5/c1-5-17-12(13)8-6-10(15-3)11(16-4)7-9(8)14-2/h6-7H,5H2,1-4H3. The predicted molar refractivity (Wildman–Crippen MR) is 62.1 cm³/mol.